The van der Waals surface area contributed by atoms with Crippen LogP contribution >= 0.6 is 0 Å². The first kappa shape index (κ1) is 13.8. The Balaban J connectivity index is 3.37. The molecule has 0 heterocycles. The molecule has 3 heteroatoms. The number of rotatable bonds is 3. The highest BCUT2D eigenvalue weighted by atomic mass is 16.5. The van der Waals surface area contributed by atoms with E-state index in [1.807, 2.05) is 39.0 Å². The lowest BCUT2D eigenvalue weighted by molar-refractivity contribution is -0.0487. The molecule has 0 radical (unpaired) electrons. The molecule has 96 valence electrons. The van der Waals surface area contributed by atoms with Gasteiger partial charge in [-0.1, -0.05) is 20.8 Å². The summed E-state index contributed by atoms with van der Waals surface area (Å²) in [6.45, 7) is 7.77. The van der Waals surface area contributed by atoms with Crippen LogP contribution in [-0.2, 0) is 5.60 Å². The van der Waals surface area contributed by atoms with Crippen molar-refractivity contribution in [3.63, 3.8) is 0 Å². The van der Waals surface area contributed by atoms with Gasteiger partial charge < -0.3 is 14.6 Å². The van der Waals surface area contributed by atoms with Gasteiger partial charge in [0.25, 0.3) is 0 Å². The van der Waals surface area contributed by atoms with Gasteiger partial charge in [-0.25, -0.2) is 0 Å². The standard InChI is InChI=1S/C14H22O3/c1-13(2,3)14(4,15)11-9-10(16-5)7-8-12(11)17-6/h7-9,15H,1-6H3. The molecule has 0 bridgehead atoms. The van der Waals surface area contributed by atoms with Gasteiger partial charge in [-0.3, -0.25) is 0 Å². The maximum absolute atomic E-state index is 10.7. The van der Waals surface area contributed by atoms with Crippen molar-refractivity contribution in [2.45, 2.75) is 33.3 Å². The SMILES string of the molecule is COc1ccc(OC)c(C(C)(O)C(C)(C)C)c1. The zero-order valence-corrected chi connectivity index (χ0v) is 11.5. The maximum Gasteiger partial charge on any atom is 0.125 e. The van der Waals surface area contributed by atoms with Crippen LogP contribution in [-0.4, -0.2) is 19.3 Å². The number of benzene rings is 1. The first-order valence-corrected chi connectivity index (χ1v) is 5.69. The smallest absolute Gasteiger partial charge is 0.125 e. The van der Waals surface area contributed by atoms with Crippen LogP contribution < -0.4 is 9.47 Å². The fraction of sp³-hybridized carbons (Fsp3) is 0.571. The summed E-state index contributed by atoms with van der Waals surface area (Å²) in [6.07, 6.45) is 0. The van der Waals surface area contributed by atoms with Crippen molar-refractivity contribution in [3.05, 3.63) is 23.8 Å². The third-order valence-corrected chi connectivity index (χ3v) is 3.39. The average Bonchev–Trinajstić information content (AvgIpc) is 2.26. The normalized spacial score (nSPS) is 15.2. The minimum absolute atomic E-state index is 0.299. The quantitative estimate of drug-likeness (QED) is 0.880. The Morgan fingerprint density at radius 2 is 1.59 bits per heavy atom. The van der Waals surface area contributed by atoms with Crippen LogP contribution in [0.15, 0.2) is 18.2 Å². The first-order chi connectivity index (χ1) is 7.74. The van der Waals surface area contributed by atoms with E-state index in [0.29, 0.717) is 11.5 Å². The van der Waals surface area contributed by atoms with Gasteiger partial charge >= 0.3 is 0 Å². The van der Waals surface area contributed by atoms with Crippen LogP contribution in [0.3, 0.4) is 0 Å². The fourth-order valence-corrected chi connectivity index (χ4v) is 1.60. The van der Waals surface area contributed by atoms with Crippen LogP contribution in [0.25, 0.3) is 0 Å². The number of ether oxygens (including phenoxy) is 2. The Kier molecular flexibility index (Phi) is 3.72. The molecule has 1 aromatic rings. The van der Waals surface area contributed by atoms with Crippen LogP contribution in [0.4, 0.5) is 0 Å². The lowest BCUT2D eigenvalue weighted by atomic mass is 9.73. The summed E-state index contributed by atoms with van der Waals surface area (Å²) in [6, 6.07) is 5.46. The minimum Gasteiger partial charge on any atom is -0.497 e. The summed E-state index contributed by atoms with van der Waals surface area (Å²) < 4.78 is 10.5. The van der Waals surface area contributed by atoms with E-state index in [0.717, 1.165) is 5.56 Å². The van der Waals surface area contributed by atoms with Crippen molar-refractivity contribution in [2.24, 2.45) is 5.41 Å². The molecule has 1 N–H and O–H groups in total. The predicted molar refractivity (Wildman–Crippen MR) is 68.6 cm³/mol. The second-order valence-electron chi connectivity index (χ2n) is 5.39. The van der Waals surface area contributed by atoms with Crippen molar-refractivity contribution in [3.8, 4) is 11.5 Å². The molecular weight excluding hydrogens is 216 g/mol. The third-order valence-electron chi connectivity index (χ3n) is 3.39. The molecule has 17 heavy (non-hydrogen) atoms. The summed E-state index contributed by atoms with van der Waals surface area (Å²) in [5.41, 5.74) is -0.550. The molecule has 0 aromatic heterocycles. The Morgan fingerprint density at radius 1 is 1.00 bits per heavy atom. The minimum atomic E-state index is -0.993. The fourth-order valence-electron chi connectivity index (χ4n) is 1.60. The van der Waals surface area contributed by atoms with Gasteiger partial charge in [0.1, 0.15) is 11.5 Å². The Bertz CT molecular complexity index is 389. The summed E-state index contributed by atoms with van der Waals surface area (Å²) in [5, 5.41) is 10.7. The average molecular weight is 238 g/mol. The van der Waals surface area contributed by atoms with Crippen molar-refractivity contribution in [1.29, 1.82) is 0 Å². The molecule has 0 fully saturated rings. The third kappa shape index (κ3) is 2.55. The molecule has 0 aliphatic carbocycles. The van der Waals surface area contributed by atoms with Crippen molar-refractivity contribution < 1.29 is 14.6 Å². The maximum atomic E-state index is 10.7. The second-order valence-corrected chi connectivity index (χ2v) is 5.39. The Morgan fingerprint density at radius 3 is 2.00 bits per heavy atom. The molecule has 0 saturated heterocycles. The number of hydrogen-bond acceptors (Lipinski definition) is 3. The molecule has 0 amide bonds. The van der Waals surface area contributed by atoms with Gasteiger partial charge in [0.15, 0.2) is 0 Å². The van der Waals surface area contributed by atoms with E-state index in [1.54, 1.807) is 21.1 Å². The van der Waals surface area contributed by atoms with Crippen LogP contribution in [0.1, 0.15) is 33.3 Å². The number of hydrogen-bond donors (Lipinski definition) is 1. The highest BCUT2D eigenvalue weighted by Crippen LogP contribution is 2.43. The summed E-state index contributed by atoms with van der Waals surface area (Å²) in [4.78, 5) is 0. The molecule has 1 unspecified atom stereocenters. The van der Waals surface area contributed by atoms with Gasteiger partial charge in [0.05, 0.1) is 19.8 Å². The molecule has 0 saturated carbocycles. The van der Waals surface area contributed by atoms with Crippen molar-refractivity contribution in [1.82, 2.24) is 0 Å². The van der Waals surface area contributed by atoms with Crippen LogP contribution in [0.5, 0.6) is 11.5 Å². The molecule has 1 aromatic carbocycles. The monoisotopic (exact) mass is 238 g/mol. The molecular formula is C14H22O3. The van der Waals surface area contributed by atoms with Crippen LogP contribution in [0, 0.1) is 5.41 Å². The van der Waals surface area contributed by atoms with Gasteiger partial charge in [-0.05, 0) is 30.5 Å². The lowest BCUT2D eigenvalue weighted by Gasteiger charge is -2.38. The van der Waals surface area contributed by atoms with Gasteiger partial charge in [0.2, 0.25) is 0 Å². The van der Waals surface area contributed by atoms with E-state index in [4.69, 9.17) is 9.47 Å². The molecule has 0 aliphatic heterocycles. The van der Waals surface area contributed by atoms with Crippen molar-refractivity contribution >= 4 is 0 Å². The lowest BCUT2D eigenvalue weighted by Crippen LogP contribution is -2.37. The van der Waals surface area contributed by atoms with E-state index in [-0.39, 0.29) is 5.41 Å². The topological polar surface area (TPSA) is 38.7 Å². The highest BCUT2D eigenvalue weighted by Gasteiger charge is 2.39. The Hall–Kier alpha value is -1.22. The van der Waals surface area contributed by atoms with Crippen molar-refractivity contribution in [2.75, 3.05) is 14.2 Å². The summed E-state index contributed by atoms with van der Waals surface area (Å²) >= 11 is 0. The van der Waals surface area contributed by atoms with Gasteiger partial charge in [0, 0.05) is 5.56 Å². The zero-order valence-electron chi connectivity index (χ0n) is 11.5. The van der Waals surface area contributed by atoms with E-state index in [1.165, 1.54) is 0 Å². The van der Waals surface area contributed by atoms with Gasteiger partial charge in [-0.2, -0.15) is 0 Å². The largest absolute Gasteiger partial charge is 0.497 e. The molecule has 0 spiro atoms. The molecule has 0 aliphatic rings. The van der Waals surface area contributed by atoms with E-state index in [9.17, 15) is 5.11 Å². The molecule has 1 rings (SSSR count). The van der Waals surface area contributed by atoms with Gasteiger partial charge in [-0.15, -0.1) is 0 Å². The Labute approximate surface area is 103 Å². The predicted octanol–water partition coefficient (Wildman–Crippen LogP) is 2.96. The zero-order chi connectivity index (χ0) is 13.3. The number of methoxy groups -OCH3 is 2. The summed E-state index contributed by atoms with van der Waals surface area (Å²) in [5.74, 6) is 1.39. The van der Waals surface area contributed by atoms with E-state index >= 15 is 0 Å². The first-order valence-electron chi connectivity index (χ1n) is 5.69. The summed E-state index contributed by atoms with van der Waals surface area (Å²) in [7, 11) is 3.21. The second kappa shape index (κ2) is 4.57. The highest BCUT2D eigenvalue weighted by molar-refractivity contribution is 5.44. The van der Waals surface area contributed by atoms with Crippen LogP contribution in [0.2, 0.25) is 0 Å². The number of aliphatic hydroxyl groups is 1. The molecule has 1 atom stereocenters. The van der Waals surface area contributed by atoms with E-state index < -0.39 is 5.60 Å². The molecule has 3 nitrogen and oxygen atoms in total. The van der Waals surface area contributed by atoms with E-state index in [2.05, 4.69) is 0 Å².